The highest BCUT2D eigenvalue weighted by Crippen LogP contribution is 2.49. The average Bonchev–Trinajstić information content (AvgIpc) is 2.46. The molecule has 3 aliphatic rings. The first-order valence-corrected chi connectivity index (χ1v) is 7.18. The molecule has 2 aliphatic heterocycles. The molecule has 0 radical (unpaired) electrons. The van der Waals surface area contributed by atoms with E-state index >= 15 is 0 Å². The first-order chi connectivity index (χ1) is 8.89. The molecule has 1 N–H and O–H groups in total. The van der Waals surface area contributed by atoms with Crippen LogP contribution in [0.5, 0.6) is 0 Å². The molecule has 0 aromatic carbocycles. The van der Waals surface area contributed by atoms with Crippen LogP contribution in [0.3, 0.4) is 0 Å². The zero-order valence-corrected chi connectivity index (χ0v) is 11.7. The third-order valence-corrected chi connectivity index (χ3v) is 5.06. The van der Waals surface area contributed by atoms with Gasteiger partial charge in [0.1, 0.15) is 0 Å². The largest absolute Gasteiger partial charge is 0.435 e. The third-order valence-electron chi connectivity index (χ3n) is 5.06. The lowest BCUT2D eigenvalue weighted by Crippen LogP contribution is -2.51. The fourth-order valence-corrected chi connectivity index (χ4v) is 3.85. The molecule has 2 fully saturated rings. The number of aliphatic hydroxyl groups is 1. The van der Waals surface area contributed by atoms with Crippen LogP contribution in [-0.2, 0) is 14.3 Å². The van der Waals surface area contributed by atoms with Gasteiger partial charge in [0, 0.05) is 12.3 Å². The molecule has 3 rings (SSSR count). The van der Waals surface area contributed by atoms with E-state index in [1.54, 1.807) is 6.92 Å². The molecule has 4 nitrogen and oxygen atoms in total. The van der Waals surface area contributed by atoms with Gasteiger partial charge >= 0.3 is 5.97 Å². The van der Waals surface area contributed by atoms with Gasteiger partial charge in [0.05, 0.1) is 5.92 Å². The summed E-state index contributed by atoms with van der Waals surface area (Å²) >= 11 is 0. The monoisotopic (exact) mass is 266 g/mol. The van der Waals surface area contributed by atoms with Crippen molar-refractivity contribution < 1.29 is 19.4 Å². The smallest absolute Gasteiger partial charge is 0.311 e. The molecule has 2 heterocycles. The maximum Gasteiger partial charge on any atom is 0.311 e. The summed E-state index contributed by atoms with van der Waals surface area (Å²) in [6, 6.07) is 0. The van der Waals surface area contributed by atoms with Crippen LogP contribution in [0.25, 0.3) is 0 Å². The number of carbonyl (C=O) groups is 1. The average molecular weight is 266 g/mol. The summed E-state index contributed by atoms with van der Waals surface area (Å²) in [6.45, 7) is 5.77. The van der Waals surface area contributed by atoms with E-state index < -0.39 is 12.1 Å². The molecule has 1 aliphatic carbocycles. The predicted octanol–water partition coefficient (Wildman–Crippen LogP) is 2.08. The fourth-order valence-electron chi connectivity index (χ4n) is 3.85. The molecule has 0 aromatic rings. The van der Waals surface area contributed by atoms with E-state index in [1.807, 2.05) is 6.92 Å². The van der Waals surface area contributed by atoms with Gasteiger partial charge in [-0.25, -0.2) is 0 Å². The van der Waals surface area contributed by atoms with Gasteiger partial charge < -0.3 is 14.6 Å². The van der Waals surface area contributed by atoms with E-state index in [-0.39, 0.29) is 23.7 Å². The molecule has 0 amide bonds. The second kappa shape index (κ2) is 4.32. The minimum Gasteiger partial charge on any atom is -0.435 e. The number of carbonyl (C=O) groups excluding carboxylic acids is 1. The number of hydrogen-bond donors (Lipinski definition) is 1. The highest BCUT2D eigenvalue weighted by Gasteiger charge is 2.52. The van der Waals surface area contributed by atoms with Crippen molar-refractivity contribution >= 4 is 5.97 Å². The normalized spacial score (nSPS) is 53.2. The van der Waals surface area contributed by atoms with Crippen molar-refractivity contribution in [3.8, 4) is 0 Å². The van der Waals surface area contributed by atoms with Crippen LogP contribution in [0.15, 0.2) is 12.2 Å². The maximum atomic E-state index is 11.9. The number of allylic oxidation sites excluding steroid dienone is 2. The number of ether oxygens (including phenoxy) is 2. The summed E-state index contributed by atoms with van der Waals surface area (Å²) in [4.78, 5) is 11.9. The van der Waals surface area contributed by atoms with E-state index in [1.165, 1.54) is 0 Å². The van der Waals surface area contributed by atoms with Gasteiger partial charge in [0.2, 0.25) is 6.29 Å². The van der Waals surface area contributed by atoms with Crippen LogP contribution in [0, 0.1) is 29.6 Å². The molecule has 106 valence electrons. The topological polar surface area (TPSA) is 55.8 Å². The highest BCUT2D eigenvalue weighted by molar-refractivity contribution is 5.73. The Kier molecular flexibility index (Phi) is 2.98. The molecule has 19 heavy (non-hydrogen) atoms. The molecule has 7 atom stereocenters. The van der Waals surface area contributed by atoms with Crippen LogP contribution >= 0.6 is 0 Å². The van der Waals surface area contributed by atoms with E-state index in [4.69, 9.17) is 9.47 Å². The SMILES string of the molecule is C[C@@H]1C=C[C@H]2[C@H]3[C@@H](OC(=O)[C@@H]2C)O[C@](C)(O)CC[C@H]31. The highest BCUT2D eigenvalue weighted by atomic mass is 16.8. The molecule has 0 aromatic heterocycles. The van der Waals surface area contributed by atoms with Gasteiger partial charge in [0.15, 0.2) is 5.79 Å². The Bertz CT molecular complexity index is 414. The van der Waals surface area contributed by atoms with Gasteiger partial charge in [0.25, 0.3) is 0 Å². The Morgan fingerprint density at radius 1 is 1.37 bits per heavy atom. The minimum absolute atomic E-state index is 0.126. The third kappa shape index (κ3) is 2.11. The zero-order chi connectivity index (χ0) is 13.8. The van der Waals surface area contributed by atoms with E-state index in [0.29, 0.717) is 18.3 Å². The molecular weight excluding hydrogens is 244 g/mol. The molecular formula is C15H22O4. The molecule has 4 heteroatoms. The fraction of sp³-hybridized carbons (Fsp3) is 0.800. The Balaban J connectivity index is 1.99. The van der Waals surface area contributed by atoms with Crippen molar-refractivity contribution in [1.29, 1.82) is 0 Å². The standard InChI is InChI=1S/C15H22O4/c1-8-4-5-11-9(2)13(16)18-14-12(11)10(8)6-7-15(3,17)19-14/h4-5,8-12,14,17H,6-7H2,1-3H3/t8-,9-,10+,11-,12+,14+,15+/m1/s1. The van der Waals surface area contributed by atoms with Crippen LogP contribution in [0.1, 0.15) is 33.6 Å². The molecule has 0 spiro atoms. The zero-order valence-electron chi connectivity index (χ0n) is 11.7. The second-order valence-corrected chi connectivity index (χ2v) is 6.49. The number of rotatable bonds is 0. The maximum absolute atomic E-state index is 11.9. The summed E-state index contributed by atoms with van der Waals surface area (Å²) in [5, 5.41) is 10.2. The Morgan fingerprint density at radius 2 is 2.11 bits per heavy atom. The molecule has 0 saturated carbocycles. The quantitative estimate of drug-likeness (QED) is 0.539. The van der Waals surface area contributed by atoms with Crippen LogP contribution in [0.4, 0.5) is 0 Å². The minimum atomic E-state index is -1.20. The first kappa shape index (κ1) is 13.1. The number of hydrogen-bond acceptors (Lipinski definition) is 4. The van der Waals surface area contributed by atoms with Crippen molar-refractivity contribution in [2.75, 3.05) is 0 Å². The summed E-state index contributed by atoms with van der Waals surface area (Å²) in [6.07, 6.45) is 5.23. The van der Waals surface area contributed by atoms with Crippen molar-refractivity contribution in [2.24, 2.45) is 29.6 Å². The molecule has 2 saturated heterocycles. The Hall–Kier alpha value is -0.870. The summed E-state index contributed by atoms with van der Waals surface area (Å²) in [5.41, 5.74) is 0. The van der Waals surface area contributed by atoms with Crippen molar-refractivity contribution in [3.05, 3.63) is 12.2 Å². The van der Waals surface area contributed by atoms with Crippen LogP contribution < -0.4 is 0 Å². The van der Waals surface area contributed by atoms with Gasteiger partial charge in [-0.15, -0.1) is 0 Å². The summed E-state index contributed by atoms with van der Waals surface area (Å²) in [7, 11) is 0. The van der Waals surface area contributed by atoms with E-state index in [2.05, 4.69) is 19.1 Å². The Morgan fingerprint density at radius 3 is 2.84 bits per heavy atom. The molecule has 0 unspecified atom stereocenters. The van der Waals surface area contributed by atoms with Crippen molar-refractivity contribution in [1.82, 2.24) is 0 Å². The van der Waals surface area contributed by atoms with Crippen molar-refractivity contribution in [2.45, 2.75) is 45.7 Å². The van der Waals surface area contributed by atoms with Gasteiger partial charge in [-0.1, -0.05) is 26.0 Å². The lowest BCUT2D eigenvalue weighted by atomic mass is 9.65. The summed E-state index contributed by atoms with van der Waals surface area (Å²) < 4.78 is 11.1. The van der Waals surface area contributed by atoms with E-state index in [0.717, 1.165) is 6.42 Å². The second-order valence-electron chi connectivity index (χ2n) is 6.49. The van der Waals surface area contributed by atoms with E-state index in [9.17, 15) is 9.90 Å². The van der Waals surface area contributed by atoms with Gasteiger partial charge in [-0.05, 0) is 31.1 Å². The lowest BCUT2D eigenvalue weighted by Gasteiger charge is -2.45. The van der Waals surface area contributed by atoms with Crippen LogP contribution in [0.2, 0.25) is 0 Å². The predicted molar refractivity (Wildman–Crippen MR) is 68.8 cm³/mol. The number of esters is 1. The van der Waals surface area contributed by atoms with Crippen molar-refractivity contribution in [3.63, 3.8) is 0 Å². The first-order valence-electron chi connectivity index (χ1n) is 7.18. The lowest BCUT2D eigenvalue weighted by molar-refractivity contribution is -0.299. The van der Waals surface area contributed by atoms with Gasteiger partial charge in [-0.2, -0.15) is 0 Å². The molecule has 0 bridgehead atoms. The Labute approximate surface area is 113 Å². The summed E-state index contributed by atoms with van der Waals surface area (Å²) in [5.74, 6) is -0.369. The van der Waals surface area contributed by atoms with Gasteiger partial charge in [-0.3, -0.25) is 4.79 Å². The van der Waals surface area contributed by atoms with Crippen LogP contribution in [-0.4, -0.2) is 23.2 Å².